The predicted octanol–water partition coefficient (Wildman–Crippen LogP) is 2.19. The second-order valence-corrected chi connectivity index (χ2v) is 6.03. The van der Waals surface area contributed by atoms with Gasteiger partial charge in [0.2, 0.25) is 5.91 Å². The largest absolute Gasteiger partial charge is 0.497 e. The fourth-order valence-corrected chi connectivity index (χ4v) is 2.73. The number of amides is 1. The Bertz CT molecular complexity index is 991. The van der Waals surface area contributed by atoms with Gasteiger partial charge in [-0.3, -0.25) is 9.59 Å². The summed E-state index contributed by atoms with van der Waals surface area (Å²) in [5.41, 5.74) is 2.34. The Morgan fingerprint density at radius 2 is 1.81 bits per heavy atom. The van der Waals surface area contributed by atoms with Crippen molar-refractivity contribution in [3.8, 4) is 11.5 Å². The van der Waals surface area contributed by atoms with Crippen molar-refractivity contribution in [1.29, 1.82) is 0 Å². The zero-order valence-electron chi connectivity index (χ0n) is 15.2. The number of H-pyrrole nitrogens is 1. The number of hydrogen-bond donors (Lipinski definition) is 2. The predicted molar refractivity (Wildman–Crippen MR) is 102 cm³/mol. The monoisotopic (exact) mass is 367 g/mol. The first-order valence-electron chi connectivity index (χ1n) is 8.55. The van der Waals surface area contributed by atoms with Crippen LogP contribution in [-0.2, 0) is 17.8 Å². The van der Waals surface area contributed by atoms with E-state index in [0.717, 1.165) is 5.56 Å². The molecule has 1 aromatic heterocycles. The van der Waals surface area contributed by atoms with E-state index in [1.165, 1.54) is 0 Å². The smallest absolute Gasteiger partial charge is 0.270 e. The number of carbonyl (C=O) groups excluding carboxylic acids is 1. The molecule has 0 unspecified atom stereocenters. The molecule has 3 rings (SSSR count). The molecule has 0 fully saturated rings. The summed E-state index contributed by atoms with van der Waals surface area (Å²) in [6.07, 6.45) is 0.447. The molecule has 2 N–H and O–H groups in total. The van der Waals surface area contributed by atoms with Crippen molar-refractivity contribution in [1.82, 2.24) is 15.3 Å². The van der Waals surface area contributed by atoms with Gasteiger partial charge in [0.25, 0.3) is 5.56 Å². The number of nitrogens with zero attached hydrogens (tertiary/aromatic N) is 1. The lowest BCUT2D eigenvalue weighted by atomic mass is 10.2. The van der Waals surface area contributed by atoms with E-state index in [1.807, 2.05) is 30.3 Å². The molecule has 2 aromatic carbocycles. The standard InChI is InChI=1S/C20H21N3O4/c1-26-14-9-13(10-15(11-14)27-2)12-21-19(24)8-7-18-20(25)23-17-6-4-3-5-16(17)22-18/h3-6,9-11H,7-8,12H2,1-2H3,(H,21,24)(H,23,25). The Morgan fingerprint density at radius 1 is 1.11 bits per heavy atom. The molecule has 0 aliphatic heterocycles. The van der Waals surface area contributed by atoms with E-state index < -0.39 is 0 Å². The lowest BCUT2D eigenvalue weighted by molar-refractivity contribution is -0.121. The maximum atomic E-state index is 12.2. The van der Waals surface area contributed by atoms with Crippen LogP contribution >= 0.6 is 0 Å². The van der Waals surface area contributed by atoms with Gasteiger partial charge >= 0.3 is 0 Å². The van der Waals surface area contributed by atoms with Gasteiger partial charge in [0.05, 0.1) is 25.3 Å². The van der Waals surface area contributed by atoms with Crippen LogP contribution in [0.25, 0.3) is 11.0 Å². The van der Waals surface area contributed by atoms with E-state index in [0.29, 0.717) is 34.8 Å². The Balaban J connectivity index is 1.60. The third-order valence-corrected chi connectivity index (χ3v) is 4.16. The molecule has 0 aliphatic carbocycles. The zero-order valence-corrected chi connectivity index (χ0v) is 15.2. The number of rotatable bonds is 7. The minimum absolute atomic E-state index is 0.161. The first kappa shape index (κ1) is 18.4. The zero-order chi connectivity index (χ0) is 19.2. The highest BCUT2D eigenvalue weighted by Gasteiger charge is 2.09. The minimum Gasteiger partial charge on any atom is -0.497 e. The van der Waals surface area contributed by atoms with Gasteiger partial charge in [-0.2, -0.15) is 0 Å². The van der Waals surface area contributed by atoms with Gasteiger partial charge < -0.3 is 19.8 Å². The summed E-state index contributed by atoms with van der Waals surface area (Å²) < 4.78 is 10.4. The normalized spacial score (nSPS) is 10.6. The summed E-state index contributed by atoms with van der Waals surface area (Å²) in [6.45, 7) is 0.341. The highest BCUT2D eigenvalue weighted by Crippen LogP contribution is 2.22. The summed E-state index contributed by atoms with van der Waals surface area (Å²) in [5.74, 6) is 1.15. The fraction of sp³-hybridized carbons (Fsp3) is 0.250. The number of fused-ring (bicyclic) bond motifs is 1. The topological polar surface area (TPSA) is 93.3 Å². The van der Waals surface area contributed by atoms with Crippen LogP contribution in [-0.4, -0.2) is 30.1 Å². The number of hydrogen-bond acceptors (Lipinski definition) is 5. The molecule has 7 nitrogen and oxygen atoms in total. The maximum Gasteiger partial charge on any atom is 0.270 e. The van der Waals surface area contributed by atoms with E-state index in [9.17, 15) is 9.59 Å². The molecule has 0 saturated heterocycles. The molecule has 0 spiro atoms. The number of aromatic nitrogens is 2. The molecule has 3 aromatic rings. The summed E-state index contributed by atoms with van der Waals surface area (Å²) in [4.78, 5) is 31.4. The van der Waals surface area contributed by atoms with Crippen LogP contribution in [0.4, 0.5) is 0 Å². The van der Waals surface area contributed by atoms with Gasteiger partial charge in [-0.25, -0.2) is 4.98 Å². The van der Waals surface area contributed by atoms with E-state index in [-0.39, 0.29) is 24.3 Å². The Morgan fingerprint density at radius 3 is 2.52 bits per heavy atom. The van der Waals surface area contributed by atoms with Gasteiger partial charge in [0, 0.05) is 25.5 Å². The van der Waals surface area contributed by atoms with Crippen LogP contribution in [0.2, 0.25) is 0 Å². The second-order valence-electron chi connectivity index (χ2n) is 6.03. The molecular formula is C20H21N3O4. The van der Waals surface area contributed by atoms with Crippen molar-refractivity contribution in [3.63, 3.8) is 0 Å². The first-order valence-corrected chi connectivity index (χ1v) is 8.55. The molecular weight excluding hydrogens is 346 g/mol. The number of nitrogens with one attached hydrogen (secondary N) is 2. The molecule has 7 heteroatoms. The molecule has 0 aliphatic rings. The van der Waals surface area contributed by atoms with Gasteiger partial charge in [-0.1, -0.05) is 12.1 Å². The van der Waals surface area contributed by atoms with Crippen LogP contribution in [0.1, 0.15) is 17.7 Å². The molecule has 0 bridgehead atoms. The van der Waals surface area contributed by atoms with E-state index in [2.05, 4.69) is 15.3 Å². The van der Waals surface area contributed by atoms with E-state index in [1.54, 1.807) is 26.4 Å². The van der Waals surface area contributed by atoms with Crippen LogP contribution in [0, 0.1) is 0 Å². The number of ether oxygens (including phenoxy) is 2. The third kappa shape index (κ3) is 4.63. The Hall–Kier alpha value is -3.35. The van der Waals surface area contributed by atoms with Crippen LogP contribution < -0.4 is 20.3 Å². The van der Waals surface area contributed by atoms with Crippen molar-refractivity contribution in [2.45, 2.75) is 19.4 Å². The van der Waals surface area contributed by atoms with E-state index >= 15 is 0 Å². The lowest BCUT2D eigenvalue weighted by Gasteiger charge is -2.09. The number of aryl methyl sites for hydroxylation is 1. The average molecular weight is 367 g/mol. The van der Waals surface area contributed by atoms with Gasteiger partial charge in [-0.15, -0.1) is 0 Å². The Kier molecular flexibility index (Phi) is 5.71. The highest BCUT2D eigenvalue weighted by atomic mass is 16.5. The molecule has 27 heavy (non-hydrogen) atoms. The van der Waals surface area contributed by atoms with Gasteiger partial charge in [-0.05, 0) is 29.8 Å². The van der Waals surface area contributed by atoms with Crippen LogP contribution in [0.15, 0.2) is 47.3 Å². The van der Waals surface area contributed by atoms with Crippen LogP contribution in [0.3, 0.4) is 0 Å². The lowest BCUT2D eigenvalue weighted by Crippen LogP contribution is -2.24. The summed E-state index contributed by atoms with van der Waals surface area (Å²) in [7, 11) is 3.15. The minimum atomic E-state index is -0.265. The van der Waals surface area contributed by atoms with Crippen LogP contribution in [0.5, 0.6) is 11.5 Å². The number of methoxy groups -OCH3 is 2. The maximum absolute atomic E-state index is 12.2. The fourth-order valence-electron chi connectivity index (χ4n) is 2.73. The number of benzene rings is 2. The Labute approximate surface area is 156 Å². The molecule has 1 heterocycles. The molecule has 1 amide bonds. The quantitative estimate of drug-likeness (QED) is 0.668. The summed E-state index contributed by atoms with van der Waals surface area (Å²) >= 11 is 0. The van der Waals surface area contributed by atoms with Crippen molar-refractivity contribution in [3.05, 3.63) is 64.1 Å². The van der Waals surface area contributed by atoms with Crippen molar-refractivity contribution in [2.24, 2.45) is 0 Å². The first-order chi connectivity index (χ1) is 13.1. The second kappa shape index (κ2) is 8.35. The van der Waals surface area contributed by atoms with Crippen molar-refractivity contribution >= 4 is 16.9 Å². The summed E-state index contributed by atoms with van der Waals surface area (Å²) in [6, 6.07) is 12.7. The summed E-state index contributed by atoms with van der Waals surface area (Å²) in [5, 5.41) is 2.84. The molecule has 0 saturated carbocycles. The van der Waals surface area contributed by atoms with Gasteiger partial charge in [0.15, 0.2) is 0 Å². The van der Waals surface area contributed by atoms with Crippen molar-refractivity contribution < 1.29 is 14.3 Å². The van der Waals surface area contributed by atoms with Gasteiger partial charge in [0.1, 0.15) is 17.2 Å². The SMILES string of the molecule is COc1cc(CNC(=O)CCc2nc3ccccc3[nH]c2=O)cc(OC)c1. The molecule has 140 valence electrons. The highest BCUT2D eigenvalue weighted by molar-refractivity contribution is 5.76. The molecule has 0 radical (unpaired) electrons. The van der Waals surface area contributed by atoms with Crippen molar-refractivity contribution in [2.75, 3.05) is 14.2 Å². The van der Waals surface area contributed by atoms with E-state index in [4.69, 9.17) is 9.47 Å². The third-order valence-electron chi connectivity index (χ3n) is 4.16. The average Bonchev–Trinajstić information content (AvgIpc) is 2.70. The molecule has 0 atom stereocenters. The number of carbonyl (C=O) groups is 1. The number of para-hydroxylation sites is 2. The number of aromatic amines is 1.